The van der Waals surface area contributed by atoms with Crippen molar-refractivity contribution in [1.82, 2.24) is 5.43 Å². The molecule has 1 N–H and O–H groups in total. The number of benzene rings is 2. The van der Waals surface area contributed by atoms with Crippen LogP contribution in [0.3, 0.4) is 0 Å². The van der Waals surface area contributed by atoms with Crippen molar-refractivity contribution >= 4 is 28.1 Å². The highest BCUT2D eigenvalue weighted by Crippen LogP contribution is 2.35. The van der Waals surface area contributed by atoms with Crippen molar-refractivity contribution in [3.63, 3.8) is 0 Å². The van der Waals surface area contributed by atoms with Crippen LogP contribution in [0.15, 0.2) is 52.0 Å². The van der Waals surface area contributed by atoms with Gasteiger partial charge in [0.25, 0.3) is 5.91 Å². The second-order valence-electron chi connectivity index (χ2n) is 5.00. The molecule has 2 aromatic carbocycles. The van der Waals surface area contributed by atoms with Gasteiger partial charge in [-0.15, -0.1) is 0 Å². The molecule has 0 heterocycles. The zero-order chi connectivity index (χ0) is 18.2. The minimum atomic E-state index is -0.726. The van der Waals surface area contributed by atoms with E-state index in [0.717, 1.165) is 15.6 Å². The summed E-state index contributed by atoms with van der Waals surface area (Å²) in [4.78, 5) is 12.3. The summed E-state index contributed by atoms with van der Waals surface area (Å²) in [7, 11) is 4.59. The second-order valence-corrected chi connectivity index (χ2v) is 5.85. The molecule has 25 heavy (non-hydrogen) atoms. The SMILES string of the molecule is COc1cc(/C=N\NC(=O)[C@@H](OC)c2ccccc2)cc(Br)c1OC. The molecule has 0 spiro atoms. The van der Waals surface area contributed by atoms with Gasteiger partial charge < -0.3 is 14.2 Å². The van der Waals surface area contributed by atoms with E-state index in [0.29, 0.717) is 11.5 Å². The summed E-state index contributed by atoms with van der Waals surface area (Å²) in [5, 5.41) is 3.99. The molecule has 0 fully saturated rings. The molecule has 132 valence electrons. The Labute approximate surface area is 154 Å². The van der Waals surface area contributed by atoms with E-state index in [9.17, 15) is 4.79 Å². The number of hydrazone groups is 1. The summed E-state index contributed by atoms with van der Waals surface area (Å²) in [5.74, 6) is 0.792. The quantitative estimate of drug-likeness (QED) is 0.565. The van der Waals surface area contributed by atoms with Crippen molar-refractivity contribution in [2.45, 2.75) is 6.10 Å². The van der Waals surface area contributed by atoms with Crippen molar-refractivity contribution in [1.29, 1.82) is 0 Å². The number of methoxy groups -OCH3 is 3. The van der Waals surface area contributed by atoms with Crippen LogP contribution in [0.5, 0.6) is 11.5 Å². The molecule has 0 saturated carbocycles. The van der Waals surface area contributed by atoms with E-state index in [2.05, 4.69) is 26.5 Å². The van der Waals surface area contributed by atoms with Crippen molar-refractivity contribution in [2.75, 3.05) is 21.3 Å². The van der Waals surface area contributed by atoms with Gasteiger partial charge in [-0.05, 0) is 39.2 Å². The van der Waals surface area contributed by atoms with Crippen LogP contribution >= 0.6 is 15.9 Å². The first-order chi connectivity index (χ1) is 12.1. The Morgan fingerprint density at radius 2 is 1.88 bits per heavy atom. The molecule has 1 amide bonds. The summed E-state index contributed by atoms with van der Waals surface area (Å²) in [6, 6.07) is 12.8. The van der Waals surface area contributed by atoms with Crippen molar-refractivity contribution in [2.24, 2.45) is 5.10 Å². The van der Waals surface area contributed by atoms with Crippen molar-refractivity contribution < 1.29 is 19.0 Å². The van der Waals surface area contributed by atoms with Crippen LogP contribution < -0.4 is 14.9 Å². The first kappa shape index (κ1) is 19.0. The van der Waals surface area contributed by atoms with Crippen LogP contribution in [0.4, 0.5) is 0 Å². The van der Waals surface area contributed by atoms with Crippen LogP contribution in [0.25, 0.3) is 0 Å². The maximum atomic E-state index is 12.3. The maximum Gasteiger partial charge on any atom is 0.273 e. The van der Waals surface area contributed by atoms with Crippen LogP contribution in [0, 0.1) is 0 Å². The lowest BCUT2D eigenvalue weighted by atomic mass is 10.1. The van der Waals surface area contributed by atoms with Crippen LogP contribution in [-0.2, 0) is 9.53 Å². The standard InChI is InChI=1S/C18H19BrN2O4/c1-23-15-10-12(9-14(19)17(15)25-3)11-20-21-18(22)16(24-2)13-7-5-4-6-8-13/h4-11,16H,1-3H3,(H,21,22)/b20-11-/t16-/m0/s1. The first-order valence-corrected chi connectivity index (χ1v) is 8.22. The van der Waals surface area contributed by atoms with E-state index in [4.69, 9.17) is 14.2 Å². The third-order valence-corrected chi connectivity index (χ3v) is 4.01. The zero-order valence-corrected chi connectivity index (χ0v) is 15.7. The molecule has 0 aliphatic rings. The predicted octanol–water partition coefficient (Wildman–Crippen LogP) is 3.30. The van der Waals surface area contributed by atoms with Gasteiger partial charge in [-0.3, -0.25) is 4.79 Å². The molecule has 2 aromatic rings. The van der Waals surface area contributed by atoms with Crippen LogP contribution in [0.1, 0.15) is 17.2 Å². The van der Waals surface area contributed by atoms with E-state index in [-0.39, 0.29) is 5.91 Å². The lowest BCUT2D eigenvalue weighted by molar-refractivity contribution is -0.131. The smallest absolute Gasteiger partial charge is 0.273 e. The highest BCUT2D eigenvalue weighted by Gasteiger charge is 2.19. The number of nitrogens with zero attached hydrogens (tertiary/aromatic N) is 1. The average Bonchev–Trinajstić information content (AvgIpc) is 2.62. The molecule has 0 bridgehead atoms. The number of hydrogen-bond acceptors (Lipinski definition) is 5. The van der Waals surface area contributed by atoms with Crippen molar-refractivity contribution in [3.05, 3.63) is 58.1 Å². The maximum absolute atomic E-state index is 12.3. The van der Waals surface area contributed by atoms with Gasteiger partial charge in [-0.25, -0.2) is 5.43 Å². The van der Waals surface area contributed by atoms with Gasteiger partial charge in [-0.1, -0.05) is 30.3 Å². The van der Waals surface area contributed by atoms with E-state index in [1.807, 2.05) is 36.4 Å². The number of hydrogen-bond donors (Lipinski definition) is 1. The van der Waals surface area contributed by atoms with Gasteiger partial charge in [0.15, 0.2) is 17.6 Å². The summed E-state index contributed by atoms with van der Waals surface area (Å²) in [6.07, 6.45) is 0.790. The van der Waals surface area contributed by atoms with Gasteiger partial charge in [-0.2, -0.15) is 5.10 Å². The Hall–Kier alpha value is -2.38. The minimum absolute atomic E-state index is 0.357. The number of amides is 1. The predicted molar refractivity (Wildman–Crippen MR) is 99.2 cm³/mol. The number of carbonyl (C=O) groups excluding carboxylic acids is 1. The average molecular weight is 407 g/mol. The van der Waals surface area contributed by atoms with E-state index >= 15 is 0 Å². The number of carbonyl (C=O) groups is 1. The molecule has 0 saturated heterocycles. The van der Waals surface area contributed by atoms with E-state index in [1.54, 1.807) is 20.3 Å². The molecule has 6 nitrogen and oxygen atoms in total. The van der Waals surface area contributed by atoms with E-state index < -0.39 is 6.10 Å². The molecular weight excluding hydrogens is 388 g/mol. The molecule has 7 heteroatoms. The lowest BCUT2D eigenvalue weighted by Gasteiger charge is -2.13. The van der Waals surface area contributed by atoms with Gasteiger partial charge in [0, 0.05) is 7.11 Å². The third kappa shape index (κ3) is 4.80. The molecule has 0 aromatic heterocycles. The van der Waals surface area contributed by atoms with Crippen molar-refractivity contribution in [3.8, 4) is 11.5 Å². The highest BCUT2D eigenvalue weighted by molar-refractivity contribution is 9.10. The Morgan fingerprint density at radius 1 is 1.16 bits per heavy atom. The monoisotopic (exact) mass is 406 g/mol. The van der Waals surface area contributed by atoms with Gasteiger partial charge in [0.1, 0.15) is 0 Å². The molecule has 0 aliphatic carbocycles. The van der Waals surface area contributed by atoms with Crippen LogP contribution in [0.2, 0.25) is 0 Å². The Morgan fingerprint density at radius 3 is 2.48 bits per heavy atom. The Bertz CT molecular complexity index is 750. The number of nitrogens with one attached hydrogen (secondary N) is 1. The van der Waals surface area contributed by atoms with Gasteiger partial charge >= 0.3 is 0 Å². The van der Waals surface area contributed by atoms with E-state index in [1.165, 1.54) is 13.3 Å². The zero-order valence-electron chi connectivity index (χ0n) is 14.2. The molecule has 1 atom stereocenters. The number of ether oxygens (including phenoxy) is 3. The third-order valence-electron chi connectivity index (χ3n) is 3.42. The lowest BCUT2D eigenvalue weighted by Crippen LogP contribution is -2.26. The summed E-state index contributed by atoms with van der Waals surface area (Å²) >= 11 is 3.41. The second kappa shape index (κ2) is 9.19. The molecule has 0 unspecified atom stereocenters. The summed E-state index contributed by atoms with van der Waals surface area (Å²) in [5.41, 5.74) is 3.98. The number of rotatable bonds is 7. The Kier molecular flexibility index (Phi) is 6.97. The van der Waals surface area contributed by atoms with Gasteiger partial charge in [0.05, 0.1) is 24.9 Å². The van der Waals surface area contributed by atoms with Gasteiger partial charge in [0.2, 0.25) is 0 Å². The fraction of sp³-hybridized carbons (Fsp3) is 0.222. The summed E-state index contributed by atoms with van der Waals surface area (Å²) in [6.45, 7) is 0. The summed E-state index contributed by atoms with van der Waals surface area (Å²) < 4.78 is 16.5. The van der Waals surface area contributed by atoms with Crippen LogP contribution in [-0.4, -0.2) is 33.5 Å². The fourth-order valence-electron chi connectivity index (χ4n) is 2.26. The number of halogens is 1. The first-order valence-electron chi connectivity index (χ1n) is 7.43. The highest BCUT2D eigenvalue weighted by atomic mass is 79.9. The largest absolute Gasteiger partial charge is 0.493 e. The molecular formula is C18H19BrN2O4. The topological polar surface area (TPSA) is 69.2 Å². The molecule has 0 radical (unpaired) electrons. The molecule has 2 rings (SSSR count). The molecule has 0 aliphatic heterocycles. The minimum Gasteiger partial charge on any atom is -0.493 e. The normalized spacial score (nSPS) is 12.0. The Balaban J connectivity index is 2.10. The fourth-order valence-corrected chi connectivity index (χ4v) is 2.89.